The first kappa shape index (κ1) is 8.03. The van der Waals surface area contributed by atoms with Crippen LogP contribution in [0.4, 0.5) is 0 Å². The highest BCUT2D eigenvalue weighted by molar-refractivity contribution is 5.69. The molecule has 0 bridgehead atoms. The van der Waals surface area contributed by atoms with E-state index in [1.165, 1.54) is 0 Å². The van der Waals surface area contributed by atoms with Crippen molar-refractivity contribution in [3.05, 3.63) is 0 Å². The lowest BCUT2D eigenvalue weighted by Crippen LogP contribution is -2.08. The van der Waals surface area contributed by atoms with E-state index in [9.17, 15) is 4.79 Å². The molecule has 0 rings (SSSR count). The van der Waals surface area contributed by atoms with Gasteiger partial charge in [0.2, 0.25) is 0 Å². The van der Waals surface area contributed by atoms with Gasteiger partial charge in [-0.3, -0.25) is 4.79 Å². The van der Waals surface area contributed by atoms with Gasteiger partial charge in [0, 0.05) is 6.42 Å². The molecule has 2 heteroatoms. The van der Waals surface area contributed by atoms with Crippen molar-refractivity contribution in [3.63, 3.8) is 0 Å². The number of carbonyl (C=O) groups is 1. The molecular weight excluding hydrogens is 116 g/mol. The molecule has 0 aliphatic rings. The third-order valence-corrected chi connectivity index (χ3v) is 1.14. The number of aliphatic carboxylic acids is 1. The van der Waals surface area contributed by atoms with Crippen LogP contribution >= 0.6 is 0 Å². The first-order chi connectivity index (χ1) is 4.18. The lowest BCUT2D eigenvalue weighted by molar-refractivity contribution is -0.141. The Morgan fingerprint density at radius 3 is 2.78 bits per heavy atom. The minimum atomic E-state index is -0.773. The molecule has 1 N–H and O–H groups in total. The molecule has 0 aliphatic heterocycles. The molecule has 0 aromatic carbocycles. The maximum atomic E-state index is 10.1. The van der Waals surface area contributed by atoms with Crippen LogP contribution in [0, 0.1) is 18.3 Å². The number of hydrogen-bond donors (Lipinski definition) is 1. The van der Waals surface area contributed by atoms with E-state index in [0.29, 0.717) is 12.8 Å². The second-order valence-electron chi connectivity index (χ2n) is 1.98. The van der Waals surface area contributed by atoms with Gasteiger partial charge in [-0.2, -0.15) is 0 Å². The van der Waals surface area contributed by atoms with Gasteiger partial charge in [-0.1, -0.05) is 6.92 Å². The van der Waals surface area contributed by atoms with Crippen LogP contribution < -0.4 is 0 Å². The van der Waals surface area contributed by atoms with Crippen molar-refractivity contribution in [3.8, 4) is 12.3 Å². The molecule has 0 aromatic heterocycles. The molecule has 0 saturated carbocycles. The summed E-state index contributed by atoms with van der Waals surface area (Å²) in [6.07, 6.45) is 6.06. The third-order valence-electron chi connectivity index (χ3n) is 1.14. The van der Waals surface area contributed by atoms with Crippen LogP contribution in [0.3, 0.4) is 0 Å². The molecule has 0 radical (unpaired) electrons. The summed E-state index contributed by atoms with van der Waals surface area (Å²) >= 11 is 0. The lowest BCUT2D eigenvalue weighted by Gasteiger charge is -1.99. The summed E-state index contributed by atoms with van der Waals surface area (Å²) in [6.45, 7) is 1.65. The van der Waals surface area contributed by atoms with Gasteiger partial charge in [0.1, 0.15) is 0 Å². The summed E-state index contributed by atoms with van der Waals surface area (Å²) in [5.74, 6) is 1.31. The minimum absolute atomic E-state index is 0.305. The SMILES string of the molecule is C#CCCC(C)C(=O)O. The van der Waals surface area contributed by atoms with E-state index in [2.05, 4.69) is 5.92 Å². The zero-order chi connectivity index (χ0) is 7.28. The molecule has 0 heterocycles. The standard InChI is InChI=1S/C7H10O2/c1-3-4-5-6(2)7(8)9/h1,6H,4-5H2,2H3,(H,8,9). The molecule has 1 unspecified atom stereocenters. The fraction of sp³-hybridized carbons (Fsp3) is 0.571. The molecule has 0 aliphatic carbocycles. The average molecular weight is 126 g/mol. The topological polar surface area (TPSA) is 37.3 Å². The number of carboxylic acids is 1. The normalized spacial score (nSPS) is 12.0. The molecule has 0 spiro atoms. The van der Waals surface area contributed by atoms with Gasteiger partial charge in [0.25, 0.3) is 0 Å². The Hall–Kier alpha value is -0.970. The smallest absolute Gasteiger partial charge is 0.306 e. The predicted octanol–water partition coefficient (Wildman–Crippen LogP) is 1.12. The molecule has 9 heavy (non-hydrogen) atoms. The van der Waals surface area contributed by atoms with Gasteiger partial charge >= 0.3 is 5.97 Å². The third kappa shape index (κ3) is 3.60. The lowest BCUT2D eigenvalue weighted by atomic mass is 10.1. The summed E-state index contributed by atoms with van der Waals surface area (Å²) in [4.78, 5) is 10.1. The second-order valence-corrected chi connectivity index (χ2v) is 1.98. The molecule has 0 fully saturated rings. The molecular formula is C7H10O2. The van der Waals surface area contributed by atoms with Gasteiger partial charge in [-0.25, -0.2) is 0 Å². The Balaban J connectivity index is 3.41. The van der Waals surface area contributed by atoms with E-state index in [1.807, 2.05) is 0 Å². The van der Waals surface area contributed by atoms with Crippen LogP contribution in [0.5, 0.6) is 0 Å². The molecule has 1 atom stereocenters. The maximum Gasteiger partial charge on any atom is 0.306 e. The van der Waals surface area contributed by atoms with Gasteiger partial charge in [0.05, 0.1) is 5.92 Å². The van der Waals surface area contributed by atoms with Gasteiger partial charge in [-0.15, -0.1) is 12.3 Å². The Bertz CT molecular complexity index is 132. The fourth-order valence-electron chi connectivity index (χ4n) is 0.423. The highest BCUT2D eigenvalue weighted by atomic mass is 16.4. The highest BCUT2D eigenvalue weighted by Gasteiger charge is 2.08. The largest absolute Gasteiger partial charge is 0.481 e. The van der Waals surface area contributed by atoms with Crippen molar-refractivity contribution in [2.75, 3.05) is 0 Å². The summed E-state index contributed by atoms with van der Waals surface area (Å²) in [7, 11) is 0. The van der Waals surface area contributed by atoms with Crippen molar-refractivity contribution in [1.29, 1.82) is 0 Å². The van der Waals surface area contributed by atoms with E-state index >= 15 is 0 Å². The summed E-state index contributed by atoms with van der Waals surface area (Å²) in [6, 6.07) is 0. The molecule has 0 aromatic rings. The fourth-order valence-corrected chi connectivity index (χ4v) is 0.423. The minimum Gasteiger partial charge on any atom is -0.481 e. The molecule has 2 nitrogen and oxygen atoms in total. The van der Waals surface area contributed by atoms with E-state index in [0.717, 1.165) is 0 Å². The Labute approximate surface area is 54.9 Å². The van der Waals surface area contributed by atoms with Crippen LogP contribution in [-0.2, 0) is 4.79 Å². The van der Waals surface area contributed by atoms with E-state index < -0.39 is 5.97 Å². The molecule has 0 amide bonds. The quantitative estimate of drug-likeness (QED) is 0.575. The van der Waals surface area contributed by atoms with Crippen molar-refractivity contribution >= 4 is 5.97 Å². The van der Waals surface area contributed by atoms with Crippen molar-refractivity contribution in [2.45, 2.75) is 19.8 Å². The average Bonchev–Trinajstić information content (AvgIpc) is 1.82. The maximum absolute atomic E-state index is 10.1. The Morgan fingerprint density at radius 2 is 2.44 bits per heavy atom. The summed E-state index contributed by atoms with van der Waals surface area (Å²) < 4.78 is 0. The van der Waals surface area contributed by atoms with Gasteiger partial charge in [-0.05, 0) is 6.42 Å². The predicted molar refractivity (Wildman–Crippen MR) is 34.9 cm³/mol. The number of rotatable bonds is 3. The van der Waals surface area contributed by atoms with Crippen LogP contribution in [0.25, 0.3) is 0 Å². The van der Waals surface area contributed by atoms with E-state index in [1.54, 1.807) is 6.92 Å². The number of hydrogen-bond acceptors (Lipinski definition) is 1. The monoisotopic (exact) mass is 126 g/mol. The number of carboxylic acid groups (broad SMARTS) is 1. The van der Waals surface area contributed by atoms with E-state index in [4.69, 9.17) is 11.5 Å². The Kier molecular flexibility index (Phi) is 3.54. The highest BCUT2D eigenvalue weighted by Crippen LogP contribution is 2.03. The van der Waals surface area contributed by atoms with Gasteiger partial charge < -0.3 is 5.11 Å². The van der Waals surface area contributed by atoms with E-state index in [-0.39, 0.29) is 5.92 Å². The zero-order valence-corrected chi connectivity index (χ0v) is 5.42. The van der Waals surface area contributed by atoms with Crippen LogP contribution in [-0.4, -0.2) is 11.1 Å². The van der Waals surface area contributed by atoms with Crippen molar-refractivity contribution in [1.82, 2.24) is 0 Å². The van der Waals surface area contributed by atoms with Crippen LogP contribution in [0.15, 0.2) is 0 Å². The second kappa shape index (κ2) is 3.96. The molecule has 50 valence electrons. The van der Waals surface area contributed by atoms with Gasteiger partial charge in [0.15, 0.2) is 0 Å². The summed E-state index contributed by atoms with van der Waals surface area (Å²) in [5, 5.41) is 8.34. The summed E-state index contributed by atoms with van der Waals surface area (Å²) in [5.41, 5.74) is 0. The first-order valence-corrected chi connectivity index (χ1v) is 2.84. The van der Waals surface area contributed by atoms with Crippen LogP contribution in [0.1, 0.15) is 19.8 Å². The number of terminal acetylenes is 1. The zero-order valence-electron chi connectivity index (χ0n) is 5.42. The Morgan fingerprint density at radius 1 is 1.89 bits per heavy atom. The van der Waals surface area contributed by atoms with Crippen LogP contribution in [0.2, 0.25) is 0 Å². The molecule has 0 saturated heterocycles. The van der Waals surface area contributed by atoms with Crippen molar-refractivity contribution < 1.29 is 9.90 Å². The first-order valence-electron chi connectivity index (χ1n) is 2.84. The van der Waals surface area contributed by atoms with Crippen molar-refractivity contribution in [2.24, 2.45) is 5.92 Å².